The van der Waals surface area contributed by atoms with Crippen molar-refractivity contribution in [3.05, 3.63) is 0 Å². The maximum atomic E-state index is 11.9. The highest BCUT2D eigenvalue weighted by molar-refractivity contribution is 5.65. The molecule has 0 aromatic heterocycles. The van der Waals surface area contributed by atoms with Crippen molar-refractivity contribution >= 4 is 5.97 Å². The number of carbonyl (C=O) groups excluding carboxylic acids is 1. The number of esters is 1. The Hall–Kier alpha value is -0.570. The zero-order valence-corrected chi connectivity index (χ0v) is 24.2. The van der Waals surface area contributed by atoms with Crippen LogP contribution in [0.25, 0.3) is 0 Å². The van der Waals surface area contributed by atoms with E-state index in [4.69, 9.17) is 10.5 Å². The summed E-state index contributed by atoms with van der Waals surface area (Å²) in [6, 6.07) is 0.346. The highest BCUT2D eigenvalue weighted by Crippen LogP contribution is 2.77. The summed E-state index contributed by atoms with van der Waals surface area (Å²) >= 11 is 0. The summed E-state index contributed by atoms with van der Waals surface area (Å²) in [7, 11) is 0. The van der Waals surface area contributed by atoms with E-state index in [0.29, 0.717) is 40.7 Å². The zero-order chi connectivity index (χ0) is 25.6. The Balaban J connectivity index is 1.52. The fourth-order valence-corrected chi connectivity index (χ4v) is 12.1. The molecule has 200 valence electrons. The average Bonchev–Trinajstić information content (AvgIpc) is 3.16. The van der Waals surface area contributed by atoms with Gasteiger partial charge in [0, 0.05) is 18.4 Å². The van der Waals surface area contributed by atoms with Crippen LogP contribution in [0.15, 0.2) is 0 Å². The van der Waals surface area contributed by atoms with Gasteiger partial charge >= 0.3 is 5.97 Å². The van der Waals surface area contributed by atoms with E-state index in [2.05, 4.69) is 48.5 Å². The summed E-state index contributed by atoms with van der Waals surface area (Å²) in [6.07, 6.45) is 13.1. The van der Waals surface area contributed by atoms with Gasteiger partial charge in [0.15, 0.2) is 0 Å². The van der Waals surface area contributed by atoms with Gasteiger partial charge in [-0.25, -0.2) is 0 Å². The first-order valence-corrected chi connectivity index (χ1v) is 15.1. The van der Waals surface area contributed by atoms with Crippen LogP contribution in [-0.4, -0.2) is 18.6 Å². The molecule has 0 aromatic rings. The van der Waals surface area contributed by atoms with Crippen molar-refractivity contribution in [2.24, 2.45) is 68.3 Å². The van der Waals surface area contributed by atoms with E-state index in [-0.39, 0.29) is 16.8 Å². The number of carbonyl (C=O) groups is 1. The predicted octanol–water partition coefficient (Wildman–Crippen LogP) is 7.61. The molecular formula is C32H55NO2. The lowest BCUT2D eigenvalue weighted by Crippen LogP contribution is -2.67. The molecule has 5 saturated carbocycles. The van der Waals surface area contributed by atoms with Crippen LogP contribution in [-0.2, 0) is 9.53 Å². The van der Waals surface area contributed by atoms with Gasteiger partial charge in [-0.2, -0.15) is 0 Å². The van der Waals surface area contributed by atoms with Crippen LogP contribution in [0.5, 0.6) is 0 Å². The Bertz CT molecular complexity index is 851. The van der Waals surface area contributed by atoms with Crippen LogP contribution in [0.3, 0.4) is 0 Å². The summed E-state index contributed by atoms with van der Waals surface area (Å²) in [5.41, 5.74) is 8.40. The third-order valence-electron chi connectivity index (χ3n) is 14.2. The van der Waals surface area contributed by atoms with Crippen LogP contribution in [0.1, 0.15) is 120 Å². The van der Waals surface area contributed by atoms with E-state index in [0.717, 1.165) is 23.7 Å². The van der Waals surface area contributed by atoms with E-state index in [1.54, 1.807) is 6.92 Å². The van der Waals surface area contributed by atoms with E-state index < -0.39 is 0 Å². The third kappa shape index (κ3) is 3.41. The molecule has 0 spiro atoms. The van der Waals surface area contributed by atoms with Crippen LogP contribution in [0, 0.1) is 62.6 Å². The molecule has 5 fully saturated rings. The molecule has 35 heavy (non-hydrogen) atoms. The second-order valence-electron chi connectivity index (χ2n) is 15.7. The number of ether oxygens (including phenoxy) is 1. The molecule has 2 N–H and O–H groups in total. The average molecular weight is 486 g/mol. The molecule has 0 aliphatic heterocycles. The number of rotatable bonds is 3. The summed E-state index contributed by atoms with van der Waals surface area (Å²) in [5, 5.41) is 0. The summed E-state index contributed by atoms with van der Waals surface area (Å²) in [5.74, 6) is 4.41. The van der Waals surface area contributed by atoms with Crippen LogP contribution in [0.4, 0.5) is 0 Å². The molecular weight excluding hydrogens is 430 g/mol. The Morgan fingerprint density at radius 3 is 2.23 bits per heavy atom. The molecule has 0 heterocycles. The number of hydrogen-bond acceptors (Lipinski definition) is 3. The van der Waals surface area contributed by atoms with Crippen LogP contribution in [0.2, 0.25) is 0 Å². The second kappa shape index (κ2) is 8.21. The van der Waals surface area contributed by atoms with Gasteiger partial charge in [-0.1, -0.05) is 48.5 Å². The lowest BCUT2D eigenvalue weighted by Gasteiger charge is -2.73. The highest BCUT2D eigenvalue weighted by atomic mass is 16.5. The van der Waals surface area contributed by atoms with Gasteiger partial charge in [-0.15, -0.1) is 0 Å². The molecule has 0 aromatic carbocycles. The van der Waals surface area contributed by atoms with Gasteiger partial charge < -0.3 is 10.5 Å². The quantitative estimate of drug-likeness (QED) is 0.418. The summed E-state index contributed by atoms with van der Waals surface area (Å²) < 4.78 is 5.83. The van der Waals surface area contributed by atoms with E-state index >= 15 is 0 Å². The molecule has 3 unspecified atom stereocenters. The van der Waals surface area contributed by atoms with Gasteiger partial charge in [-0.05, 0) is 121 Å². The Kier molecular flexibility index (Phi) is 6.11. The van der Waals surface area contributed by atoms with Crippen molar-refractivity contribution in [3.63, 3.8) is 0 Å². The number of fused-ring (bicyclic) bond motifs is 7. The highest BCUT2D eigenvalue weighted by Gasteiger charge is 2.70. The van der Waals surface area contributed by atoms with Gasteiger partial charge in [-0.3, -0.25) is 4.79 Å². The molecule has 0 radical (unpaired) electrons. The molecule has 0 bridgehead atoms. The van der Waals surface area contributed by atoms with Crippen LogP contribution < -0.4 is 5.73 Å². The largest absolute Gasteiger partial charge is 0.465 e. The van der Waals surface area contributed by atoms with E-state index in [1.807, 2.05) is 0 Å². The van der Waals surface area contributed by atoms with E-state index in [9.17, 15) is 4.79 Å². The maximum Gasteiger partial charge on any atom is 0.302 e. The van der Waals surface area contributed by atoms with E-state index in [1.165, 1.54) is 64.2 Å². The van der Waals surface area contributed by atoms with Crippen molar-refractivity contribution in [3.8, 4) is 0 Å². The topological polar surface area (TPSA) is 52.3 Å². The summed E-state index contributed by atoms with van der Waals surface area (Å²) in [6.45, 7) is 20.2. The normalized spacial score (nSPS) is 52.7. The Morgan fingerprint density at radius 1 is 0.857 bits per heavy atom. The smallest absolute Gasteiger partial charge is 0.302 e. The van der Waals surface area contributed by atoms with Crippen LogP contribution >= 0.6 is 0 Å². The lowest BCUT2D eigenvalue weighted by molar-refractivity contribution is -0.243. The Morgan fingerprint density at radius 2 is 1.57 bits per heavy atom. The summed E-state index contributed by atoms with van der Waals surface area (Å²) in [4.78, 5) is 11.9. The van der Waals surface area contributed by atoms with Crippen molar-refractivity contribution < 1.29 is 9.53 Å². The lowest BCUT2D eigenvalue weighted by atomic mass is 9.32. The van der Waals surface area contributed by atoms with Crippen molar-refractivity contribution in [2.45, 2.75) is 126 Å². The zero-order valence-electron chi connectivity index (χ0n) is 24.2. The molecule has 3 heteroatoms. The first-order valence-electron chi connectivity index (χ1n) is 15.1. The monoisotopic (exact) mass is 485 g/mol. The number of hydrogen-bond donors (Lipinski definition) is 1. The SMILES string of the molecule is CC(=O)OC[C@]12CC[C@@H](C(C)C)[C@@H]1C1CCC3[C@@]4(C)CCC(N)C(C)(C)[C@@H]4CC[C@@]3(C)[C@]1(C)CC2. The molecule has 5 rings (SSSR count). The maximum absolute atomic E-state index is 11.9. The van der Waals surface area contributed by atoms with Crippen molar-refractivity contribution in [1.82, 2.24) is 0 Å². The minimum Gasteiger partial charge on any atom is -0.465 e. The first kappa shape index (κ1) is 26.1. The second-order valence-corrected chi connectivity index (χ2v) is 15.7. The molecule has 0 saturated heterocycles. The van der Waals surface area contributed by atoms with Gasteiger partial charge in [0.1, 0.15) is 0 Å². The Labute approximate surface area is 216 Å². The fourth-order valence-electron chi connectivity index (χ4n) is 12.1. The predicted molar refractivity (Wildman–Crippen MR) is 144 cm³/mol. The molecule has 10 atom stereocenters. The third-order valence-corrected chi connectivity index (χ3v) is 14.2. The molecule has 5 aliphatic carbocycles. The van der Waals surface area contributed by atoms with Crippen molar-refractivity contribution in [2.75, 3.05) is 6.61 Å². The first-order chi connectivity index (χ1) is 16.2. The standard InChI is InChI=1S/C32H55NO2/c1-20(2)22-11-16-32(19-35-21(3)34)18-17-30(7)23(27(22)32)9-10-25-29(6)14-13-26(33)28(4,5)24(29)12-15-31(25,30)8/h20,22-27H,9-19,33H2,1-8H3/t22-,23?,24-,25?,26?,27+,29-,30+,31+,32+/m0/s1. The minimum absolute atomic E-state index is 0.0977. The molecule has 3 nitrogen and oxygen atoms in total. The molecule has 5 aliphatic rings. The minimum atomic E-state index is -0.0977. The fraction of sp³-hybridized carbons (Fsp3) is 0.969. The van der Waals surface area contributed by atoms with Gasteiger partial charge in [0.05, 0.1) is 6.61 Å². The van der Waals surface area contributed by atoms with Crippen molar-refractivity contribution in [1.29, 1.82) is 0 Å². The molecule has 0 amide bonds. The number of nitrogens with two attached hydrogens (primary N) is 1. The van der Waals surface area contributed by atoms with Gasteiger partial charge in [0.25, 0.3) is 0 Å². The van der Waals surface area contributed by atoms with Gasteiger partial charge in [0.2, 0.25) is 0 Å².